The molecule has 0 aliphatic carbocycles. The van der Waals surface area contributed by atoms with Crippen LogP contribution in [0.25, 0.3) is 11.1 Å². The van der Waals surface area contributed by atoms with Crippen molar-refractivity contribution in [3.05, 3.63) is 30.6 Å². The van der Waals surface area contributed by atoms with Crippen LogP contribution in [-0.2, 0) is 7.05 Å². The van der Waals surface area contributed by atoms with Crippen LogP contribution in [0.1, 0.15) is 13.8 Å². The van der Waals surface area contributed by atoms with Gasteiger partial charge in [-0.2, -0.15) is 5.10 Å². The zero-order chi connectivity index (χ0) is 13.1. The number of ether oxygens (including phenoxy) is 2. The summed E-state index contributed by atoms with van der Waals surface area (Å²) < 4.78 is 13.0. The summed E-state index contributed by atoms with van der Waals surface area (Å²) in [5.74, 6) is 1.51. The van der Waals surface area contributed by atoms with Crippen LogP contribution in [0.3, 0.4) is 0 Å². The summed E-state index contributed by atoms with van der Waals surface area (Å²) in [7, 11) is 3.54. The van der Waals surface area contributed by atoms with Crippen LogP contribution < -0.4 is 9.47 Å². The summed E-state index contributed by atoms with van der Waals surface area (Å²) in [4.78, 5) is 0. The van der Waals surface area contributed by atoms with Crippen molar-refractivity contribution in [1.82, 2.24) is 9.78 Å². The van der Waals surface area contributed by atoms with E-state index < -0.39 is 0 Å². The molecule has 0 aliphatic heterocycles. The molecule has 0 aliphatic rings. The van der Waals surface area contributed by atoms with Gasteiger partial charge in [-0.15, -0.1) is 0 Å². The Hall–Kier alpha value is -1.97. The third-order valence-corrected chi connectivity index (χ3v) is 2.57. The maximum atomic E-state index is 5.87. The lowest BCUT2D eigenvalue weighted by Crippen LogP contribution is -2.07. The van der Waals surface area contributed by atoms with Gasteiger partial charge in [-0.05, 0) is 19.9 Å². The molecule has 0 saturated heterocycles. The van der Waals surface area contributed by atoms with E-state index in [0.717, 1.165) is 22.6 Å². The van der Waals surface area contributed by atoms with Gasteiger partial charge in [0.1, 0.15) is 0 Å². The molecule has 0 fully saturated rings. The maximum Gasteiger partial charge on any atom is 0.169 e. The van der Waals surface area contributed by atoms with Gasteiger partial charge in [0, 0.05) is 24.4 Å². The number of hydrogen-bond acceptors (Lipinski definition) is 3. The van der Waals surface area contributed by atoms with Crippen molar-refractivity contribution in [2.75, 3.05) is 7.11 Å². The first kappa shape index (κ1) is 12.5. The normalized spacial score (nSPS) is 10.7. The summed E-state index contributed by atoms with van der Waals surface area (Å²) in [6.07, 6.45) is 3.88. The van der Waals surface area contributed by atoms with Crippen LogP contribution in [0.15, 0.2) is 30.6 Å². The van der Waals surface area contributed by atoms with E-state index in [9.17, 15) is 0 Å². The minimum absolute atomic E-state index is 0.0942. The number of rotatable bonds is 4. The molecule has 0 atom stereocenters. The molecule has 0 unspecified atom stereocenters. The number of hydrogen-bond donors (Lipinski definition) is 0. The summed E-state index contributed by atoms with van der Waals surface area (Å²) in [6.45, 7) is 4.00. The second kappa shape index (κ2) is 5.12. The van der Waals surface area contributed by atoms with Crippen LogP contribution in [0.2, 0.25) is 0 Å². The first-order valence-corrected chi connectivity index (χ1v) is 5.94. The Balaban J connectivity index is 2.51. The zero-order valence-electron chi connectivity index (χ0n) is 11.2. The van der Waals surface area contributed by atoms with Crippen LogP contribution in [0.5, 0.6) is 11.5 Å². The lowest BCUT2D eigenvalue weighted by Gasteiger charge is -2.16. The van der Waals surface area contributed by atoms with Crippen LogP contribution >= 0.6 is 0 Å². The second-order valence-corrected chi connectivity index (χ2v) is 4.41. The second-order valence-electron chi connectivity index (χ2n) is 4.41. The minimum Gasteiger partial charge on any atom is -0.493 e. The van der Waals surface area contributed by atoms with Crippen molar-refractivity contribution in [2.24, 2.45) is 7.05 Å². The first-order valence-electron chi connectivity index (χ1n) is 5.94. The van der Waals surface area contributed by atoms with Crippen LogP contribution in [-0.4, -0.2) is 23.0 Å². The molecule has 2 rings (SSSR count). The lowest BCUT2D eigenvalue weighted by atomic mass is 10.1. The topological polar surface area (TPSA) is 36.3 Å². The van der Waals surface area contributed by atoms with E-state index in [-0.39, 0.29) is 6.10 Å². The average molecular weight is 246 g/mol. The maximum absolute atomic E-state index is 5.87. The van der Waals surface area contributed by atoms with Gasteiger partial charge in [0.15, 0.2) is 11.5 Å². The largest absolute Gasteiger partial charge is 0.493 e. The standard InChI is InChI=1S/C14H18N2O2/c1-10(2)18-14-12(6-5-7-13(14)17-4)11-8-15-16(3)9-11/h5-10H,1-4H3. The monoisotopic (exact) mass is 246 g/mol. The molecular weight excluding hydrogens is 228 g/mol. The molecule has 96 valence electrons. The molecule has 1 heterocycles. The number of para-hydroxylation sites is 1. The smallest absolute Gasteiger partial charge is 0.169 e. The molecule has 1 aromatic heterocycles. The average Bonchev–Trinajstić information content (AvgIpc) is 2.75. The Kier molecular flexibility index (Phi) is 3.55. The third-order valence-electron chi connectivity index (χ3n) is 2.57. The predicted octanol–water partition coefficient (Wildman–Crippen LogP) is 2.88. The number of benzene rings is 1. The van der Waals surface area contributed by atoms with Crippen molar-refractivity contribution < 1.29 is 9.47 Å². The number of nitrogens with zero attached hydrogens (tertiary/aromatic N) is 2. The highest BCUT2D eigenvalue weighted by atomic mass is 16.5. The quantitative estimate of drug-likeness (QED) is 0.832. The molecule has 4 nitrogen and oxygen atoms in total. The van der Waals surface area contributed by atoms with Crippen LogP contribution in [0.4, 0.5) is 0 Å². The van der Waals surface area contributed by atoms with E-state index in [4.69, 9.17) is 9.47 Å². The Morgan fingerprint density at radius 2 is 2.06 bits per heavy atom. The molecule has 2 aromatic rings. The Morgan fingerprint density at radius 1 is 1.28 bits per heavy atom. The molecule has 4 heteroatoms. The van der Waals surface area contributed by atoms with E-state index >= 15 is 0 Å². The van der Waals surface area contributed by atoms with Gasteiger partial charge in [0.05, 0.1) is 19.4 Å². The zero-order valence-corrected chi connectivity index (χ0v) is 11.2. The van der Waals surface area contributed by atoms with Gasteiger partial charge in [0.25, 0.3) is 0 Å². The fraction of sp³-hybridized carbons (Fsp3) is 0.357. The molecule has 0 N–H and O–H groups in total. The molecule has 0 saturated carbocycles. The van der Waals surface area contributed by atoms with E-state index in [1.807, 2.05) is 51.5 Å². The Morgan fingerprint density at radius 3 is 2.61 bits per heavy atom. The van der Waals surface area contributed by atoms with Gasteiger partial charge in [-0.25, -0.2) is 0 Å². The molecule has 0 radical (unpaired) electrons. The molecule has 0 amide bonds. The summed E-state index contributed by atoms with van der Waals surface area (Å²) in [5.41, 5.74) is 2.02. The van der Waals surface area contributed by atoms with E-state index in [2.05, 4.69) is 5.10 Å². The van der Waals surface area contributed by atoms with Crippen molar-refractivity contribution >= 4 is 0 Å². The summed E-state index contributed by atoms with van der Waals surface area (Å²) in [6, 6.07) is 5.86. The van der Waals surface area contributed by atoms with E-state index in [1.165, 1.54) is 0 Å². The first-order chi connectivity index (χ1) is 8.61. The van der Waals surface area contributed by atoms with Crippen molar-refractivity contribution in [3.63, 3.8) is 0 Å². The van der Waals surface area contributed by atoms with E-state index in [0.29, 0.717) is 0 Å². The highest BCUT2D eigenvalue weighted by molar-refractivity contribution is 5.72. The Labute approximate surface area is 107 Å². The molecular formula is C14H18N2O2. The summed E-state index contributed by atoms with van der Waals surface area (Å²) >= 11 is 0. The minimum atomic E-state index is 0.0942. The van der Waals surface area contributed by atoms with Gasteiger partial charge in [-0.1, -0.05) is 12.1 Å². The molecule has 1 aromatic carbocycles. The van der Waals surface area contributed by atoms with E-state index in [1.54, 1.807) is 11.8 Å². The predicted molar refractivity (Wildman–Crippen MR) is 71.0 cm³/mol. The van der Waals surface area contributed by atoms with Gasteiger partial charge in [-0.3, -0.25) is 4.68 Å². The molecule has 0 spiro atoms. The van der Waals surface area contributed by atoms with Crippen molar-refractivity contribution in [1.29, 1.82) is 0 Å². The van der Waals surface area contributed by atoms with Crippen LogP contribution in [0, 0.1) is 0 Å². The third kappa shape index (κ3) is 2.47. The molecule has 18 heavy (non-hydrogen) atoms. The van der Waals surface area contributed by atoms with Gasteiger partial charge < -0.3 is 9.47 Å². The highest BCUT2D eigenvalue weighted by Crippen LogP contribution is 2.38. The SMILES string of the molecule is COc1cccc(-c2cnn(C)c2)c1OC(C)C. The fourth-order valence-corrected chi connectivity index (χ4v) is 1.82. The highest BCUT2D eigenvalue weighted by Gasteiger charge is 2.14. The van der Waals surface area contributed by atoms with Crippen molar-refractivity contribution in [3.8, 4) is 22.6 Å². The van der Waals surface area contributed by atoms with Gasteiger partial charge >= 0.3 is 0 Å². The number of aromatic nitrogens is 2. The Bertz CT molecular complexity index is 532. The number of aryl methyl sites for hydroxylation is 1. The lowest BCUT2D eigenvalue weighted by molar-refractivity contribution is 0.231. The van der Waals surface area contributed by atoms with Crippen molar-refractivity contribution in [2.45, 2.75) is 20.0 Å². The summed E-state index contributed by atoms with van der Waals surface area (Å²) in [5, 5.41) is 4.19. The number of methoxy groups -OCH3 is 1. The molecule has 0 bridgehead atoms. The fourth-order valence-electron chi connectivity index (χ4n) is 1.82. The van der Waals surface area contributed by atoms with Gasteiger partial charge in [0.2, 0.25) is 0 Å².